The number of esters is 1. The van der Waals surface area contributed by atoms with Crippen molar-refractivity contribution in [1.29, 1.82) is 0 Å². The number of ether oxygens (including phenoxy) is 1. The lowest BCUT2D eigenvalue weighted by Gasteiger charge is -2.12. The van der Waals surface area contributed by atoms with Crippen LogP contribution >= 0.6 is 23.2 Å². The Labute approximate surface area is 177 Å². The van der Waals surface area contributed by atoms with E-state index in [-0.39, 0.29) is 33.9 Å². The largest absolute Gasteiger partial charge is 0.452 e. The van der Waals surface area contributed by atoms with Gasteiger partial charge in [-0.3, -0.25) is 0 Å². The van der Waals surface area contributed by atoms with Crippen LogP contribution in [0, 0.1) is 0 Å². The van der Waals surface area contributed by atoms with Gasteiger partial charge in [0.2, 0.25) is 15.9 Å². The SMILES string of the molecule is CN(C)S(=O)(=O)c1ccc(Cl)c(C(=O)OCc2nnc(-c3ccc(Cl)cc3)o2)c1. The minimum absolute atomic E-state index is 0.0556. The average Bonchev–Trinajstić information content (AvgIpc) is 3.15. The number of aromatic nitrogens is 2. The van der Waals surface area contributed by atoms with E-state index in [9.17, 15) is 13.2 Å². The van der Waals surface area contributed by atoms with Crippen molar-refractivity contribution in [3.05, 3.63) is 64.0 Å². The normalized spacial score (nSPS) is 11.6. The number of sulfonamides is 1. The van der Waals surface area contributed by atoms with E-state index in [4.69, 9.17) is 32.4 Å². The molecule has 0 N–H and O–H groups in total. The van der Waals surface area contributed by atoms with Crippen LogP contribution in [0.15, 0.2) is 51.8 Å². The number of hydrogen-bond acceptors (Lipinski definition) is 7. The van der Waals surface area contributed by atoms with Crippen molar-refractivity contribution in [2.75, 3.05) is 14.1 Å². The lowest BCUT2D eigenvalue weighted by molar-refractivity contribution is 0.0438. The maximum Gasteiger partial charge on any atom is 0.340 e. The monoisotopic (exact) mass is 455 g/mol. The number of hydrogen-bond donors (Lipinski definition) is 0. The Bertz CT molecular complexity index is 1140. The minimum atomic E-state index is -3.73. The van der Waals surface area contributed by atoms with Crippen molar-refractivity contribution in [2.45, 2.75) is 11.5 Å². The lowest BCUT2D eigenvalue weighted by Crippen LogP contribution is -2.22. The van der Waals surface area contributed by atoms with Gasteiger partial charge in [0, 0.05) is 24.7 Å². The summed E-state index contributed by atoms with van der Waals surface area (Å²) in [5.74, 6) is -0.515. The first-order valence-corrected chi connectivity index (χ1v) is 10.4. The van der Waals surface area contributed by atoms with E-state index in [2.05, 4.69) is 10.2 Å². The van der Waals surface area contributed by atoms with Gasteiger partial charge in [0.1, 0.15) is 0 Å². The summed E-state index contributed by atoms with van der Waals surface area (Å²) in [6.45, 7) is -0.305. The van der Waals surface area contributed by atoms with Crippen molar-refractivity contribution < 1.29 is 22.4 Å². The number of rotatable bonds is 6. The molecule has 29 heavy (non-hydrogen) atoms. The van der Waals surface area contributed by atoms with Crippen LogP contribution in [0.1, 0.15) is 16.2 Å². The van der Waals surface area contributed by atoms with Gasteiger partial charge < -0.3 is 9.15 Å². The summed E-state index contributed by atoms with van der Waals surface area (Å²) in [5, 5.41) is 8.33. The molecule has 3 rings (SSSR count). The summed E-state index contributed by atoms with van der Waals surface area (Å²) in [6.07, 6.45) is 0. The predicted molar refractivity (Wildman–Crippen MR) is 106 cm³/mol. The highest BCUT2D eigenvalue weighted by atomic mass is 35.5. The van der Waals surface area contributed by atoms with Crippen LogP contribution in [-0.4, -0.2) is 43.0 Å². The van der Waals surface area contributed by atoms with Gasteiger partial charge in [0.15, 0.2) is 6.61 Å². The quantitative estimate of drug-likeness (QED) is 0.522. The van der Waals surface area contributed by atoms with E-state index in [1.54, 1.807) is 24.3 Å². The fraction of sp³-hybridized carbons (Fsp3) is 0.167. The molecule has 8 nitrogen and oxygen atoms in total. The van der Waals surface area contributed by atoms with Crippen molar-refractivity contribution in [1.82, 2.24) is 14.5 Å². The van der Waals surface area contributed by atoms with E-state index in [1.807, 2.05) is 0 Å². The van der Waals surface area contributed by atoms with Gasteiger partial charge in [-0.1, -0.05) is 23.2 Å². The van der Waals surface area contributed by atoms with E-state index >= 15 is 0 Å². The maximum absolute atomic E-state index is 12.4. The molecule has 0 amide bonds. The lowest BCUT2D eigenvalue weighted by atomic mass is 10.2. The Morgan fingerprint density at radius 2 is 1.79 bits per heavy atom. The Morgan fingerprint density at radius 1 is 1.10 bits per heavy atom. The van der Waals surface area contributed by atoms with Gasteiger partial charge in [-0.25, -0.2) is 17.5 Å². The fourth-order valence-corrected chi connectivity index (χ4v) is 3.51. The molecule has 0 saturated heterocycles. The Balaban J connectivity index is 1.74. The summed E-state index contributed by atoms with van der Waals surface area (Å²) in [6, 6.07) is 10.6. The molecular weight excluding hydrogens is 441 g/mol. The standard InChI is InChI=1S/C18H15Cl2N3O5S/c1-23(2)29(25,26)13-7-8-15(20)14(9-13)18(24)27-10-16-21-22-17(28-16)11-3-5-12(19)6-4-11/h3-9H,10H2,1-2H3. The fourth-order valence-electron chi connectivity index (χ4n) is 2.26. The second-order valence-corrected chi connectivity index (χ2v) is 9.01. The van der Waals surface area contributed by atoms with E-state index in [1.165, 1.54) is 26.2 Å². The Kier molecular flexibility index (Phi) is 6.23. The van der Waals surface area contributed by atoms with Gasteiger partial charge in [0.25, 0.3) is 5.89 Å². The van der Waals surface area contributed by atoms with Crippen LogP contribution in [0.2, 0.25) is 10.0 Å². The van der Waals surface area contributed by atoms with Crippen molar-refractivity contribution in [3.63, 3.8) is 0 Å². The number of carbonyl (C=O) groups excluding carboxylic acids is 1. The molecule has 0 fully saturated rings. The first kappa shape index (κ1) is 21.3. The van der Waals surface area contributed by atoms with Crippen LogP contribution in [0.4, 0.5) is 0 Å². The first-order chi connectivity index (χ1) is 13.7. The number of halogens is 2. The summed E-state index contributed by atoms with van der Waals surface area (Å²) >= 11 is 11.9. The average molecular weight is 456 g/mol. The molecular formula is C18H15Cl2N3O5S. The van der Waals surface area contributed by atoms with Crippen LogP contribution in [-0.2, 0) is 21.4 Å². The van der Waals surface area contributed by atoms with Crippen molar-refractivity contribution in [2.24, 2.45) is 0 Å². The molecule has 0 radical (unpaired) electrons. The summed E-state index contributed by atoms with van der Waals surface area (Å²) in [7, 11) is -0.961. The Morgan fingerprint density at radius 3 is 2.45 bits per heavy atom. The van der Waals surface area contributed by atoms with E-state index in [0.717, 1.165) is 10.4 Å². The second-order valence-electron chi connectivity index (χ2n) is 6.01. The summed E-state index contributed by atoms with van der Waals surface area (Å²) < 4.78 is 36.1. The molecule has 11 heteroatoms. The molecule has 0 bridgehead atoms. The topological polar surface area (TPSA) is 103 Å². The second kappa shape index (κ2) is 8.50. The molecule has 2 aromatic carbocycles. The van der Waals surface area contributed by atoms with E-state index in [0.29, 0.717) is 10.6 Å². The van der Waals surface area contributed by atoms with Gasteiger partial charge in [-0.15, -0.1) is 10.2 Å². The third-order valence-corrected chi connectivity index (χ3v) is 6.21. The van der Waals surface area contributed by atoms with Gasteiger partial charge in [0.05, 0.1) is 15.5 Å². The molecule has 3 aromatic rings. The van der Waals surface area contributed by atoms with Gasteiger partial charge in [-0.05, 0) is 42.5 Å². The molecule has 0 spiro atoms. The van der Waals surface area contributed by atoms with Gasteiger partial charge in [-0.2, -0.15) is 0 Å². The highest BCUT2D eigenvalue weighted by Gasteiger charge is 2.22. The highest BCUT2D eigenvalue weighted by Crippen LogP contribution is 2.24. The number of benzene rings is 2. The highest BCUT2D eigenvalue weighted by molar-refractivity contribution is 7.89. The zero-order chi connectivity index (χ0) is 21.2. The third-order valence-electron chi connectivity index (χ3n) is 3.82. The van der Waals surface area contributed by atoms with Crippen LogP contribution in [0.5, 0.6) is 0 Å². The summed E-state index contributed by atoms with van der Waals surface area (Å²) in [5.41, 5.74) is 0.566. The smallest absolute Gasteiger partial charge is 0.340 e. The molecule has 1 heterocycles. The minimum Gasteiger partial charge on any atom is -0.452 e. The van der Waals surface area contributed by atoms with Crippen molar-refractivity contribution in [3.8, 4) is 11.5 Å². The van der Waals surface area contributed by atoms with Crippen molar-refractivity contribution >= 4 is 39.2 Å². The van der Waals surface area contributed by atoms with Gasteiger partial charge >= 0.3 is 5.97 Å². The first-order valence-electron chi connectivity index (χ1n) is 8.16. The van der Waals surface area contributed by atoms with E-state index < -0.39 is 16.0 Å². The van der Waals surface area contributed by atoms with Crippen LogP contribution in [0.25, 0.3) is 11.5 Å². The molecule has 0 aliphatic rings. The number of nitrogens with zero attached hydrogens (tertiary/aromatic N) is 3. The molecule has 152 valence electrons. The zero-order valence-corrected chi connectivity index (χ0v) is 17.6. The Hall–Kier alpha value is -2.46. The number of carbonyl (C=O) groups is 1. The van der Waals surface area contributed by atoms with Crippen LogP contribution in [0.3, 0.4) is 0 Å². The molecule has 0 saturated carbocycles. The maximum atomic E-state index is 12.4. The van der Waals surface area contributed by atoms with Crippen LogP contribution < -0.4 is 0 Å². The zero-order valence-electron chi connectivity index (χ0n) is 15.3. The third kappa shape index (κ3) is 4.76. The molecule has 0 aliphatic carbocycles. The molecule has 1 aromatic heterocycles. The molecule has 0 atom stereocenters. The molecule has 0 aliphatic heterocycles. The summed E-state index contributed by atoms with van der Waals surface area (Å²) in [4.78, 5) is 12.3. The molecule has 0 unspecified atom stereocenters. The predicted octanol–water partition coefficient (Wildman–Crippen LogP) is 3.65.